The predicted molar refractivity (Wildman–Crippen MR) is 97.7 cm³/mol. The first-order valence-electron chi connectivity index (χ1n) is 7.84. The Morgan fingerprint density at radius 1 is 1.23 bits per heavy atom. The van der Waals surface area contributed by atoms with Gasteiger partial charge in [-0.2, -0.15) is 5.26 Å². The Kier molecular flexibility index (Phi) is 6.12. The largest absolute Gasteiger partial charge is 0.482 e. The lowest BCUT2D eigenvalue weighted by molar-refractivity contribution is -0.139. The van der Waals surface area contributed by atoms with E-state index in [-0.39, 0.29) is 5.57 Å². The molecule has 0 aromatic heterocycles. The van der Waals surface area contributed by atoms with E-state index in [1.165, 1.54) is 6.08 Å². The van der Waals surface area contributed by atoms with Gasteiger partial charge in [0.2, 0.25) is 0 Å². The average Bonchev–Trinajstić information content (AvgIpc) is 2.60. The van der Waals surface area contributed by atoms with E-state index < -0.39 is 18.5 Å². The summed E-state index contributed by atoms with van der Waals surface area (Å²) in [5.74, 6) is -1.26. The number of nitrogens with one attached hydrogen (secondary N) is 1. The highest BCUT2D eigenvalue weighted by Crippen LogP contribution is 2.19. The average molecular weight is 350 g/mol. The molecule has 2 N–H and O–H groups in total. The summed E-state index contributed by atoms with van der Waals surface area (Å²) in [7, 11) is 0. The van der Waals surface area contributed by atoms with Crippen LogP contribution in [-0.4, -0.2) is 23.6 Å². The standard InChI is InChI=1S/C20H18N2O4/c1-13-6-7-18(14(2)8-13)22-20(25)16(11-21)9-15-4-3-5-17(10-15)26-12-19(23)24/h3-10H,12H2,1-2H3,(H,22,25)(H,23,24)/b16-9-. The van der Waals surface area contributed by atoms with Crippen molar-refractivity contribution >= 4 is 23.6 Å². The Morgan fingerprint density at radius 3 is 2.65 bits per heavy atom. The molecule has 0 saturated carbocycles. The SMILES string of the molecule is Cc1ccc(NC(=O)/C(C#N)=C\c2cccc(OCC(=O)O)c2)c(C)c1. The smallest absolute Gasteiger partial charge is 0.341 e. The Balaban J connectivity index is 2.19. The van der Waals surface area contributed by atoms with Gasteiger partial charge in [-0.25, -0.2) is 4.79 Å². The number of hydrogen-bond donors (Lipinski definition) is 2. The van der Waals surface area contributed by atoms with E-state index in [2.05, 4.69) is 5.32 Å². The van der Waals surface area contributed by atoms with E-state index in [1.54, 1.807) is 30.3 Å². The lowest BCUT2D eigenvalue weighted by Gasteiger charge is -2.09. The van der Waals surface area contributed by atoms with Gasteiger partial charge >= 0.3 is 5.97 Å². The van der Waals surface area contributed by atoms with E-state index >= 15 is 0 Å². The first-order chi connectivity index (χ1) is 12.4. The maximum Gasteiger partial charge on any atom is 0.341 e. The number of aryl methyl sites for hydroxylation is 2. The number of carboxylic acids is 1. The monoisotopic (exact) mass is 350 g/mol. The third-order valence-corrected chi connectivity index (χ3v) is 3.53. The van der Waals surface area contributed by atoms with Crippen molar-refractivity contribution < 1.29 is 19.4 Å². The molecule has 1 amide bonds. The highest BCUT2D eigenvalue weighted by molar-refractivity contribution is 6.10. The normalized spacial score (nSPS) is 10.7. The fraction of sp³-hybridized carbons (Fsp3) is 0.150. The zero-order valence-corrected chi connectivity index (χ0v) is 14.4. The highest BCUT2D eigenvalue weighted by atomic mass is 16.5. The third kappa shape index (κ3) is 5.21. The van der Waals surface area contributed by atoms with Crippen LogP contribution in [0.1, 0.15) is 16.7 Å². The number of aliphatic carboxylic acids is 1. The minimum atomic E-state index is -1.09. The molecule has 0 aliphatic carbocycles. The first-order valence-corrected chi connectivity index (χ1v) is 7.84. The predicted octanol–water partition coefficient (Wildman–Crippen LogP) is 3.31. The molecule has 2 aromatic rings. The second-order valence-corrected chi connectivity index (χ2v) is 5.70. The molecule has 6 heteroatoms. The van der Waals surface area contributed by atoms with Gasteiger partial charge in [-0.15, -0.1) is 0 Å². The van der Waals surface area contributed by atoms with Gasteiger partial charge in [0.25, 0.3) is 5.91 Å². The molecule has 0 atom stereocenters. The van der Waals surface area contributed by atoms with Gasteiger partial charge in [0.15, 0.2) is 6.61 Å². The van der Waals surface area contributed by atoms with Crippen LogP contribution in [0.25, 0.3) is 6.08 Å². The molecule has 0 radical (unpaired) electrons. The summed E-state index contributed by atoms with van der Waals surface area (Å²) in [6.45, 7) is 3.37. The molecule has 0 saturated heterocycles. The van der Waals surface area contributed by atoms with Gasteiger partial charge in [0.05, 0.1) is 0 Å². The summed E-state index contributed by atoms with van der Waals surface area (Å²) in [5.41, 5.74) is 3.11. The number of anilines is 1. The van der Waals surface area contributed by atoms with Crippen LogP contribution in [0, 0.1) is 25.2 Å². The summed E-state index contributed by atoms with van der Waals surface area (Å²) >= 11 is 0. The second kappa shape index (κ2) is 8.49. The van der Waals surface area contributed by atoms with Gasteiger partial charge in [0.1, 0.15) is 17.4 Å². The fourth-order valence-electron chi connectivity index (χ4n) is 2.30. The van der Waals surface area contributed by atoms with Crippen LogP contribution < -0.4 is 10.1 Å². The number of nitriles is 1. The van der Waals surface area contributed by atoms with Crippen LogP contribution in [0.15, 0.2) is 48.0 Å². The summed E-state index contributed by atoms with van der Waals surface area (Å²) in [6, 6.07) is 14.0. The lowest BCUT2D eigenvalue weighted by Crippen LogP contribution is -2.14. The molecule has 0 spiro atoms. The first kappa shape index (κ1) is 18.7. The zero-order valence-electron chi connectivity index (χ0n) is 14.4. The summed E-state index contributed by atoms with van der Waals surface area (Å²) in [6.07, 6.45) is 1.42. The molecule has 26 heavy (non-hydrogen) atoms. The Hall–Kier alpha value is -3.59. The Bertz CT molecular complexity index is 910. The quantitative estimate of drug-likeness (QED) is 0.615. The van der Waals surface area contributed by atoms with Crippen molar-refractivity contribution in [2.75, 3.05) is 11.9 Å². The molecule has 2 aromatic carbocycles. The lowest BCUT2D eigenvalue weighted by atomic mass is 10.1. The van der Waals surface area contributed by atoms with Crippen LogP contribution >= 0.6 is 0 Å². The van der Waals surface area contributed by atoms with Crippen molar-refractivity contribution in [2.24, 2.45) is 0 Å². The van der Waals surface area contributed by atoms with Crippen molar-refractivity contribution in [2.45, 2.75) is 13.8 Å². The van der Waals surface area contributed by atoms with Crippen molar-refractivity contribution in [1.82, 2.24) is 0 Å². The maximum absolute atomic E-state index is 12.4. The number of benzene rings is 2. The number of hydrogen-bond acceptors (Lipinski definition) is 4. The number of rotatable bonds is 6. The topological polar surface area (TPSA) is 99.4 Å². The number of amides is 1. The number of nitrogens with zero attached hydrogens (tertiary/aromatic N) is 1. The van der Waals surface area contributed by atoms with E-state index in [0.29, 0.717) is 17.0 Å². The highest BCUT2D eigenvalue weighted by Gasteiger charge is 2.11. The summed E-state index contributed by atoms with van der Waals surface area (Å²) < 4.78 is 5.09. The van der Waals surface area contributed by atoms with Crippen molar-refractivity contribution in [3.63, 3.8) is 0 Å². The maximum atomic E-state index is 12.4. The van der Waals surface area contributed by atoms with Gasteiger partial charge < -0.3 is 15.2 Å². The molecule has 0 aliphatic rings. The molecule has 0 unspecified atom stereocenters. The number of carbonyl (C=O) groups excluding carboxylic acids is 1. The minimum Gasteiger partial charge on any atom is -0.482 e. The van der Waals surface area contributed by atoms with Crippen molar-refractivity contribution in [3.05, 3.63) is 64.7 Å². The molecule has 0 heterocycles. The van der Waals surface area contributed by atoms with E-state index in [1.807, 2.05) is 32.0 Å². The molecule has 0 aliphatic heterocycles. The van der Waals surface area contributed by atoms with Gasteiger partial charge in [0, 0.05) is 5.69 Å². The molecular weight excluding hydrogens is 332 g/mol. The van der Waals surface area contributed by atoms with Crippen LogP contribution in [0.3, 0.4) is 0 Å². The molecule has 2 rings (SSSR count). The summed E-state index contributed by atoms with van der Waals surface area (Å²) in [4.78, 5) is 22.9. The molecule has 132 valence electrons. The zero-order chi connectivity index (χ0) is 19.1. The van der Waals surface area contributed by atoms with E-state index in [9.17, 15) is 14.9 Å². The molecule has 0 fully saturated rings. The van der Waals surface area contributed by atoms with Crippen LogP contribution in [0.4, 0.5) is 5.69 Å². The number of carboxylic acid groups (broad SMARTS) is 1. The van der Waals surface area contributed by atoms with E-state index in [4.69, 9.17) is 9.84 Å². The molecule has 6 nitrogen and oxygen atoms in total. The fourth-order valence-corrected chi connectivity index (χ4v) is 2.30. The van der Waals surface area contributed by atoms with E-state index in [0.717, 1.165) is 11.1 Å². The molecular formula is C20H18N2O4. The van der Waals surface area contributed by atoms with Crippen molar-refractivity contribution in [1.29, 1.82) is 5.26 Å². The van der Waals surface area contributed by atoms with Crippen LogP contribution in [0.5, 0.6) is 5.75 Å². The van der Waals surface area contributed by atoms with Gasteiger partial charge in [-0.3, -0.25) is 4.79 Å². The van der Waals surface area contributed by atoms with Gasteiger partial charge in [-0.1, -0.05) is 29.8 Å². The summed E-state index contributed by atoms with van der Waals surface area (Å²) in [5, 5.41) is 20.7. The minimum absolute atomic E-state index is 0.0691. The Labute approximate surface area is 151 Å². The van der Waals surface area contributed by atoms with Crippen LogP contribution in [-0.2, 0) is 9.59 Å². The number of ether oxygens (including phenoxy) is 1. The number of carbonyl (C=O) groups is 2. The Morgan fingerprint density at radius 2 is 2.00 bits per heavy atom. The molecule has 0 bridgehead atoms. The van der Waals surface area contributed by atoms with Crippen molar-refractivity contribution in [3.8, 4) is 11.8 Å². The van der Waals surface area contributed by atoms with Crippen LogP contribution in [0.2, 0.25) is 0 Å². The third-order valence-electron chi connectivity index (χ3n) is 3.53. The second-order valence-electron chi connectivity index (χ2n) is 5.70. The van der Waals surface area contributed by atoms with Gasteiger partial charge in [-0.05, 0) is 49.2 Å².